The molecule has 0 spiro atoms. The molecule has 0 amide bonds. The summed E-state index contributed by atoms with van der Waals surface area (Å²) in [6.07, 6.45) is 1.21. The number of thiazole rings is 1. The summed E-state index contributed by atoms with van der Waals surface area (Å²) in [5.41, 5.74) is 0. The fourth-order valence-electron chi connectivity index (χ4n) is 0.608. The molecule has 8 heteroatoms. The van der Waals surface area contributed by atoms with Crippen molar-refractivity contribution in [2.75, 3.05) is 6.54 Å². The fourth-order valence-corrected chi connectivity index (χ4v) is 3.30. The molecule has 1 heterocycles. The number of hydrogen-bond donors (Lipinski definition) is 1. The van der Waals surface area contributed by atoms with Gasteiger partial charge in [0.1, 0.15) is 0 Å². The summed E-state index contributed by atoms with van der Waals surface area (Å²) in [6.45, 7) is 3.65. The Balaban J connectivity index is 2.81. The van der Waals surface area contributed by atoms with Gasteiger partial charge in [-0.05, 0) is 0 Å². The lowest BCUT2D eigenvalue weighted by molar-refractivity contribution is 0.587. The molecule has 1 rings (SSSR count). The fraction of sp³-hybridized carbons (Fsp3) is 0.167. The molecule has 0 saturated carbocycles. The van der Waals surface area contributed by atoms with Crippen LogP contribution in [0.15, 0.2) is 21.5 Å². The van der Waals surface area contributed by atoms with E-state index < -0.39 is 10.0 Å². The van der Waals surface area contributed by atoms with Crippen molar-refractivity contribution >= 4 is 48.9 Å². The molecule has 1 aromatic heterocycles. The van der Waals surface area contributed by atoms with E-state index in [0.717, 1.165) is 11.3 Å². The smallest absolute Gasteiger partial charge is 0.232 e. The van der Waals surface area contributed by atoms with Crippen molar-refractivity contribution in [2.24, 2.45) is 0 Å². The molecule has 0 bridgehead atoms. The van der Waals surface area contributed by atoms with Crippen molar-refractivity contribution in [3.05, 3.63) is 21.7 Å². The summed E-state index contributed by atoms with van der Waals surface area (Å²) in [4.78, 5) is 3.64. The molecular weight excluding hydrogens is 312 g/mol. The van der Waals surface area contributed by atoms with Gasteiger partial charge in [-0.1, -0.05) is 45.4 Å². The topological polar surface area (TPSA) is 59.1 Å². The SMILES string of the molecule is C=C(Br)CNS(=O)(=O)c1cnc(Cl)s1. The van der Waals surface area contributed by atoms with Crippen LogP contribution in [0.5, 0.6) is 0 Å². The second-order valence-electron chi connectivity index (χ2n) is 2.27. The van der Waals surface area contributed by atoms with E-state index in [1.54, 1.807) is 0 Å². The second kappa shape index (κ2) is 4.71. The Bertz CT molecular complexity index is 442. The normalized spacial score (nSPS) is 11.6. The molecule has 0 aliphatic rings. The second-order valence-corrected chi connectivity index (χ2v) is 7.00. The Kier molecular flexibility index (Phi) is 4.08. The minimum absolute atomic E-state index is 0.0938. The molecule has 1 aromatic rings. The third-order valence-corrected chi connectivity index (χ3v) is 4.43. The van der Waals surface area contributed by atoms with E-state index in [2.05, 4.69) is 32.2 Å². The van der Waals surface area contributed by atoms with Crippen LogP contribution in [0.1, 0.15) is 0 Å². The highest BCUT2D eigenvalue weighted by Crippen LogP contribution is 2.22. The predicted molar refractivity (Wildman–Crippen MR) is 60.4 cm³/mol. The van der Waals surface area contributed by atoms with Crippen LogP contribution in [-0.2, 0) is 10.0 Å². The number of rotatable bonds is 4. The maximum atomic E-state index is 11.5. The van der Waals surface area contributed by atoms with Crippen LogP contribution >= 0.6 is 38.9 Å². The first-order valence-electron chi connectivity index (χ1n) is 3.36. The van der Waals surface area contributed by atoms with Crippen LogP contribution < -0.4 is 4.72 Å². The Labute approximate surface area is 99.2 Å². The molecule has 0 atom stereocenters. The van der Waals surface area contributed by atoms with Crippen molar-refractivity contribution < 1.29 is 8.42 Å². The van der Waals surface area contributed by atoms with Crippen LogP contribution in [0.4, 0.5) is 0 Å². The lowest BCUT2D eigenvalue weighted by Crippen LogP contribution is -2.23. The molecule has 0 fully saturated rings. The van der Waals surface area contributed by atoms with Gasteiger partial charge in [0.15, 0.2) is 8.68 Å². The third-order valence-electron chi connectivity index (χ3n) is 1.18. The minimum Gasteiger partial charge on any atom is -0.232 e. The van der Waals surface area contributed by atoms with Gasteiger partial charge in [-0.3, -0.25) is 0 Å². The molecule has 0 radical (unpaired) electrons. The lowest BCUT2D eigenvalue weighted by atomic mass is 10.7. The zero-order valence-electron chi connectivity index (χ0n) is 6.83. The van der Waals surface area contributed by atoms with Gasteiger partial charge in [0.05, 0.1) is 6.20 Å². The largest absolute Gasteiger partial charge is 0.252 e. The van der Waals surface area contributed by atoms with Crippen LogP contribution in [0.3, 0.4) is 0 Å². The van der Waals surface area contributed by atoms with Gasteiger partial charge in [-0.25, -0.2) is 18.1 Å². The van der Waals surface area contributed by atoms with Crippen molar-refractivity contribution in [2.45, 2.75) is 4.21 Å². The first-order chi connectivity index (χ1) is 6.42. The molecule has 0 saturated heterocycles. The van der Waals surface area contributed by atoms with Gasteiger partial charge < -0.3 is 0 Å². The van der Waals surface area contributed by atoms with Gasteiger partial charge in [0, 0.05) is 11.0 Å². The average molecular weight is 318 g/mol. The van der Waals surface area contributed by atoms with Gasteiger partial charge >= 0.3 is 0 Å². The first kappa shape index (κ1) is 12.1. The standard InChI is InChI=1S/C6H6BrClN2O2S2/c1-4(7)2-10-14(11,12)5-3-9-6(8)13-5/h3,10H,1-2H2. The maximum absolute atomic E-state index is 11.5. The molecule has 0 aromatic carbocycles. The number of aromatic nitrogens is 1. The van der Waals surface area contributed by atoms with Crippen molar-refractivity contribution in [1.29, 1.82) is 0 Å². The van der Waals surface area contributed by atoms with E-state index in [4.69, 9.17) is 11.6 Å². The molecule has 0 unspecified atom stereocenters. The summed E-state index contributed by atoms with van der Waals surface area (Å²) in [7, 11) is -3.50. The van der Waals surface area contributed by atoms with Gasteiger partial charge in [-0.15, -0.1) is 0 Å². The molecule has 0 aliphatic carbocycles. The molecule has 1 N–H and O–H groups in total. The highest BCUT2D eigenvalue weighted by molar-refractivity contribution is 9.11. The Hall–Kier alpha value is 0.0500. The molecule has 4 nitrogen and oxygen atoms in total. The van der Waals surface area contributed by atoms with E-state index in [1.165, 1.54) is 6.20 Å². The predicted octanol–water partition coefficient (Wildman–Crippen LogP) is 1.98. The Morgan fingerprint density at radius 1 is 1.79 bits per heavy atom. The van der Waals surface area contributed by atoms with Crippen LogP contribution in [-0.4, -0.2) is 19.9 Å². The van der Waals surface area contributed by atoms with E-state index in [9.17, 15) is 8.42 Å². The lowest BCUT2D eigenvalue weighted by Gasteiger charge is -2.01. The number of nitrogens with one attached hydrogen (secondary N) is 1. The van der Waals surface area contributed by atoms with Gasteiger partial charge in [-0.2, -0.15) is 0 Å². The summed E-state index contributed by atoms with van der Waals surface area (Å²) in [6, 6.07) is 0. The number of hydrogen-bond acceptors (Lipinski definition) is 4. The zero-order chi connectivity index (χ0) is 10.8. The Morgan fingerprint density at radius 2 is 2.43 bits per heavy atom. The average Bonchev–Trinajstić information content (AvgIpc) is 2.49. The van der Waals surface area contributed by atoms with Crippen LogP contribution in [0, 0.1) is 0 Å². The van der Waals surface area contributed by atoms with E-state index in [1.807, 2.05) is 0 Å². The third kappa shape index (κ3) is 3.32. The number of sulfonamides is 1. The highest BCUT2D eigenvalue weighted by atomic mass is 79.9. The molecule has 14 heavy (non-hydrogen) atoms. The van der Waals surface area contributed by atoms with Gasteiger partial charge in [0.25, 0.3) is 10.0 Å². The van der Waals surface area contributed by atoms with E-state index >= 15 is 0 Å². The maximum Gasteiger partial charge on any atom is 0.252 e. The van der Waals surface area contributed by atoms with Crippen molar-refractivity contribution in [3.8, 4) is 0 Å². The van der Waals surface area contributed by atoms with Crippen LogP contribution in [0.25, 0.3) is 0 Å². The zero-order valence-corrected chi connectivity index (χ0v) is 10.8. The highest BCUT2D eigenvalue weighted by Gasteiger charge is 2.16. The van der Waals surface area contributed by atoms with E-state index in [-0.39, 0.29) is 15.2 Å². The summed E-state index contributed by atoms with van der Waals surface area (Å²) in [5, 5.41) is 0. The number of halogens is 2. The summed E-state index contributed by atoms with van der Waals surface area (Å²) in [5.74, 6) is 0. The summed E-state index contributed by atoms with van der Waals surface area (Å²) >= 11 is 9.47. The Morgan fingerprint density at radius 3 is 2.86 bits per heavy atom. The monoisotopic (exact) mass is 316 g/mol. The summed E-state index contributed by atoms with van der Waals surface area (Å²) < 4.78 is 26.1. The van der Waals surface area contributed by atoms with Crippen LogP contribution in [0.2, 0.25) is 4.47 Å². The quantitative estimate of drug-likeness (QED) is 0.924. The minimum atomic E-state index is -3.50. The van der Waals surface area contributed by atoms with Crippen molar-refractivity contribution in [3.63, 3.8) is 0 Å². The molecule has 78 valence electrons. The first-order valence-corrected chi connectivity index (χ1v) is 6.83. The number of nitrogens with zero attached hydrogens (tertiary/aromatic N) is 1. The molecule has 0 aliphatic heterocycles. The van der Waals surface area contributed by atoms with Gasteiger partial charge in [0.2, 0.25) is 0 Å². The molecular formula is C6H6BrClN2O2S2. The van der Waals surface area contributed by atoms with Crippen molar-refractivity contribution in [1.82, 2.24) is 9.71 Å². The van der Waals surface area contributed by atoms with E-state index in [0.29, 0.717) is 4.48 Å².